The van der Waals surface area contributed by atoms with E-state index in [0.29, 0.717) is 34.4 Å². The maximum Gasteiger partial charge on any atom is 0.251 e. The zero-order valence-electron chi connectivity index (χ0n) is 15.2. The Hall–Kier alpha value is -2.14. The Morgan fingerprint density at radius 3 is 2.52 bits per heavy atom. The molecular weight excluding hydrogens is 365 g/mol. The number of carbonyl (C=O) groups is 1. The first-order valence-electron chi connectivity index (χ1n) is 9.49. The summed E-state index contributed by atoms with van der Waals surface area (Å²) in [5.41, 5.74) is 0.644. The van der Waals surface area contributed by atoms with Gasteiger partial charge in [-0.25, -0.2) is 9.37 Å². The Morgan fingerprint density at radius 1 is 1.22 bits per heavy atom. The molecule has 1 amide bonds. The number of benzene rings is 1. The molecule has 2 aliphatic rings. The number of nitrogens with zero attached hydrogens (tertiary/aromatic N) is 1. The number of rotatable bonds is 6. The minimum Gasteiger partial charge on any atom is -0.367 e. The van der Waals surface area contributed by atoms with Gasteiger partial charge in [0.05, 0.1) is 6.20 Å². The summed E-state index contributed by atoms with van der Waals surface area (Å²) in [5.74, 6) is 2.19. The molecule has 0 spiro atoms. The smallest absolute Gasteiger partial charge is 0.251 e. The molecule has 0 radical (unpaired) electrons. The number of hydrogen-bond acceptors (Lipinski definition) is 3. The molecule has 1 aromatic heterocycles. The third-order valence-electron chi connectivity index (χ3n) is 5.92. The summed E-state index contributed by atoms with van der Waals surface area (Å²) in [7, 11) is 0. The van der Waals surface area contributed by atoms with Crippen LogP contribution in [0.3, 0.4) is 0 Å². The quantitative estimate of drug-likeness (QED) is 0.766. The van der Waals surface area contributed by atoms with Crippen LogP contribution in [0.1, 0.15) is 36.5 Å². The largest absolute Gasteiger partial charge is 0.367 e. The molecule has 4 nitrogen and oxygen atoms in total. The molecule has 1 heterocycles. The second-order valence-electron chi connectivity index (χ2n) is 7.57. The van der Waals surface area contributed by atoms with Crippen LogP contribution < -0.4 is 10.6 Å². The molecule has 142 valence electrons. The third-order valence-corrected chi connectivity index (χ3v) is 6.17. The van der Waals surface area contributed by atoms with Gasteiger partial charge >= 0.3 is 0 Å². The van der Waals surface area contributed by atoms with Gasteiger partial charge < -0.3 is 10.6 Å². The predicted molar refractivity (Wildman–Crippen MR) is 104 cm³/mol. The summed E-state index contributed by atoms with van der Waals surface area (Å²) in [4.78, 5) is 16.6. The highest BCUT2D eigenvalue weighted by Gasteiger charge is 2.58. The van der Waals surface area contributed by atoms with Crippen molar-refractivity contribution < 1.29 is 9.18 Å². The summed E-state index contributed by atoms with van der Waals surface area (Å²) in [6.07, 6.45) is 4.30. The van der Waals surface area contributed by atoms with E-state index in [1.54, 1.807) is 30.3 Å². The molecule has 27 heavy (non-hydrogen) atoms. The van der Waals surface area contributed by atoms with E-state index >= 15 is 0 Å². The topological polar surface area (TPSA) is 54.0 Å². The van der Waals surface area contributed by atoms with Crippen molar-refractivity contribution in [1.29, 1.82) is 0 Å². The number of anilines is 1. The van der Waals surface area contributed by atoms with E-state index < -0.39 is 0 Å². The van der Waals surface area contributed by atoms with Crippen molar-refractivity contribution in [2.24, 2.45) is 17.8 Å². The standard InChI is InChI=1S/C21H23ClFN3O/c1-2-18(26-21(27)12-3-5-13(22)6-4-12)20-16-9-15(10-17(16)20)25-19-8-7-14(23)11-24-19/h3-8,11,15-18,20H,2,9-10H2,1H3,(H,24,25)(H,26,27)/t15?,16-,17+,18?,20?. The average molecular weight is 388 g/mol. The number of hydrogen-bond donors (Lipinski definition) is 2. The Morgan fingerprint density at radius 2 is 1.93 bits per heavy atom. The van der Waals surface area contributed by atoms with Crippen molar-refractivity contribution in [3.05, 3.63) is 59.0 Å². The molecule has 2 aliphatic carbocycles. The highest BCUT2D eigenvalue weighted by atomic mass is 35.5. The van der Waals surface area contributed by atoms with Gasteiger partial charge in [0.2, 0.25) is 0 Å². The molecular formula is C21H23ClFN3O. The normalized spacial score (nSPS) is 26.9. The predicted octanol–water partition coefficient (Wildman–Crippen LogP) is 4.52. The van der Waals surface area contributed by atoms with Gasteiger partial charge in [-0.3, -0.25) is 4.79 Å². The molecule has 2 fully saturated rings. The van der Waals surface area contributed by atoms with E-state index in [-0.39, 0.29) is 17.8 Å². The maximum absolute atomic E-state index is 13.0. The average Bonchev–Trinajstić information content (AvgIpc) is 3.16. The monoisotopic (exact) mass is 387 g/mol. The van der Waals surface area contributed by atoms with Crippen LogP contribution >= 0.6 is 11.6 Å². The summed E-state index contributed by atoms with van der Waals surface area (Å²) in [6, 6.07) is 10.7. The van der Waals surface area contributed by atoms with Gasteiger partial charge in [0, 0.05) is 22.7 Å². The molecule has 0 aliphatic heterocycles. The molecule has 0 saturated heterocycles. The number of aromatic nitrogens is 1. The van der Waals surface area contributed by atoms with Crippen LogP contribution in [0.4, 0.5) is 10.2 Å². The van der Waals surface area contributed by atoms with Crippen molar-refractivity contribution in [2.45, 2.75) is 38.3 Å². The van der Waals surface area contributed by atoms with E-state index in [2.05, 4.69) is 22.5 Å². The van der Waals surface area contributed by atoms with Crippen LogP contribution in [0.2, 0.25) is 5.02 Å². The zero-order valence-corrected chi connectivity index (χ0v) is 15.9. The summed E-state index contributed by atoms with van der Waals surface area (Å²) >= 11 is 5.89. The summed E-state index contributed by atoms with van der Waals surface area (Å²) in [5, 5.41) is 7.24. The van der Waals surface area contributed by atoms with Gasteiger partial charge in [-0.2, -0.15) is 0 Å². The fourth-order valence-corrected chi connectivity index (χ4v) is 4.73. The third kappa shape index (κ3) is 3.93. The highest BCUT2D eigenvalue weighted by Crippen LogP contribution is 2.59. The van der Waals surface area contributed by atoms with Crippen LogP contribution in [0.25, 0.3) is 0 Å². The lowest BCUT2D eigenvalue weighted by molar-refractivity contribution is 0.0927. The van der Waals surface area contributed by atoms with Crippen molar-refractivity contribution >= 4 is 23.3 Å². The Bertz CT molecular complexity index is 799. The van der Waals surface area contributed by atoms with Crippen molar-refractivity contribution in [3.8, 4) is 0 Å². The van der Waals surface area contributed by atoms with Gasteiger partial charge in [-0.05, 0) is 73.4 Å². The van der Waals surface area contributed by atoms with E-state index in [9.17, 15) is 9.18 Å². The Labute approximate surface area is 163 Å². The lowest BCUT2D eigenvalue weighted by Crippen LogP contribution is -2.38. The number of amides is 1. The lowest BCUT2D eigenvalue weighted by atomic mass is 9.99. The van der Waals surface area contributed by atoms with Gasteiger partial charge in [-0.15, -0.1) is 0 Å². The lowest BCUT2D eigenvalue weighted by Gasteiger charge is -2.22. The molecule has 1 aromatic carbocycles. The molecule has 5 atom stereocenters. The Balaban J connectivity index is 1.31. The minimum atomic E-state index is -0.322. The molecule has 2 saturated carbocycles. The van der Waals surface area contributed by atoms with Crippen molar-refractivity contribution in [3.63, 3.8) is 0 Å². The number of nitrogens with one attached hydrogen (secondary N) is 2. The number of halogens is 2. The molecule has 0 bridgehead atoms. The molecule has 6 heteroatoms. The van der Waals surface area contributed by atoms with E-state index in [0.717, 1.165) is 25.1 Å². The minimum absolute atomic E-state index is 0.0336. The SMILES string of the molecule is CCC(NC(=O)c1ccc(Cl)cc1)C1[C@H]2CC(Nc3ccc(F)cn3)C[C@@H]12. The van der Waals surface area contributed by atoms with Crippen molar-refractivity contribution in [1.82, 2.24) is 10.3 Å². The van der Waals surface area contributed by atoms with Crippen LogP contribution in [0.15, 0.2) is 42.6 Å². The summed E-state index contributed by atoms with van der Waals surface area (Å²) in [6.45, 7) is 2.12. The summed E-state index contributed by atoms with van der Waals surface area (Å²) < 4.78 is 13.0. The number of pyridine rings is 1. The fourth-order valence-electron chi connectivity index (χ4n) is 4.60. The van der Waals surface area contributed by atoms with E-state index in [1.807, 2.05) is 0 Å². The number of fused-ring (bicyclic) bond motifs is 1. The van der Waals surface area contributed by atoms with Gasteiger partial charge in [0.25, 0.3) is 5.91 Å². The molecule has 2 N–H and O–H groups in total. The zero-order chi connectivity index (χ0) is 19.0. The molecule has 4 rings (SSSR count). The van der Waals surface area contributed by atoms with Gasteiger partial charge in [-0.1, -0.05) is 18.5 Å². The Kier molecular flexibility index (Phi) is 5.04. The van der Waals surface area contributed by atoms with Crippen LogP contribution in [0.5, 0.6) is 0 Å². The first-order valence-corrected chi connectivity index (χ1v) is 9.87. The fraction of sp³-hybridized carbons (Fsp3) is 0.429. The van der Waals surface area contributed by atoms with Crippen LogP contribution in [-0.2, 0) is 0 Å². The van der Waals surface area contributed by atoms with Crippen LogP contribution in [0, 0.1) is 23.6 Å². The first-order chi connectivity index (χ1) is 13.0. The first kappa shape index (κ1) is 18.2. The second-order valence-corrected chi connectivity index (χ2v) is 8.01. The van der Waals surface area contributed by atoms with E-state index in [1.165, 1.54) is 12.3 Å². The van der Waals surface area contributed by atoms with Gasteiger partial charge in [0.1, 0.15) is 11.6 Å². The van der Waals surface area contributed by atoms with Gasteiger partial charge in [0.15, 0.2) is 0 Å². The highest BCUT2D eigenvalue weighted by molar-refractivity contribution is 6.30. The van der Waals surface area contributed by atoms with Crippen LogP contribution in [-0.4, -0.2) is 23.0 Å². The molecule has 2 aromatic rings. The van der Waals surface area contributed by atoms with E-state index in [4.69, 9.17) is 11.6 Å². The maximum atomic E-state index is 13.0. The molecule has 3 unspecified atom stereocenters. The second kappa shape index (κ2) is 7.47. The number of carbonyl (C=O) groups excluding carboxylic acids is 1. The van der Waals surface area contributed by atoms with Crippen molar-refractivity contribution in [2.75, 3.05) is 5.32 Å².